The van der Waals surface area contributed by atoms with Gasteiger partial charge in [-0.3, -0.25) is 9.69 Å². The van der Waals surface area contributed by atoms with E-state index in [0.29, 0.717) is 23.2 Å². The second kappa shape index (κ2) is 9.11. The van der Waals surface area contributed by atoms with Crippen LogP contribution in [0, 0.1) is 31.5 Å². The molecule has 1 aliphatic rings. The first-order chi connectivity index (χ1) is 14.9. The van der Waals surface area contributed by atoms with Crippen LogP contribution in [0.5, 0.6) is 0 Å². The number of piperidine rings is 1. The molecule has 162 valence electrons. The summed E-state index contributed by atoms with van der Waals surface area (Å²) in [7, 11) is 0. The molecule has 0 bridgehead atoms. The normalized spacial score (nSPS) is 15.2. The lowest BCUT2D eigenvalue weighted by Crippen LogP contribution is -2.39. The van der Waals surface area contributed by atoms with Crippen LogP contribution in [0.25, 0.3) is 11.5 Å². The predicted octanol–water partition coefficient (Wildman–Crippen LogP) is 4.50. The van der Waals surface area contributed by atoms with Gasteiger partial charge in [0.1, 0.15) is 5.82 Å². The molecule has 2 aromatic heterocycles. The molecule has 1 saturated heterocycles. The first-order valence-electron chi connectivity index (χ1n) is 10.5. The van der Waals surface area contributed by atoms with E-state index >= 15 is 0 Å². The Morgan fingerprint density at radius 1 is 1.19 bits per heavy atom. The number of hydrogen-bond donors (Lipinski definition) is 1. The second-order valence-electron chi connectivity index (χ2n) is 8.24. The number of aryl methyl sites for hydroxylation is 3. The van der Waals surface area contributed by atoms with Crippen molar-refractivity contribution in [3.05, 3.63) is 58.1 Å². The van der Waals surface area contributed by atoms with E-state index in [2.05, 4.69) is 40.2 Å². The Bertz CT molecular complexity index is 1120. The van der Waals surface area contributed by atoms with Crippen molar-refractivity contribution in [1.29, 1.82) is 0 Å². The Kier molecular flexibility index (Phi) is 6.29. The van der Waals surface area contributed by atoms with Crippen LogP contribution in [0.15, 0.2) is 40.9 Å². The molecule has 3 heterocycles. The molecule has 0 radical (unpaired) electrons. The molecule has 0 unspecified atom stereocenters. The van der Waals surface area contributed by atoms with Crippen LogP contribution >= 0.6 is 12.2 Å². The van der Waals surface area contributed by atoms with Gasteiger partial charge in [0.05, 0.1) is 6.67 Å². The number of nitrogens with zero attached hydrogens (tertiary/aromatic N) is 4. The first-order valence-corrected chi connectivity index (χ1v) is 10.9. The number of aromatic nitrogens is 3. The van der Waals surface area contributed by atoms with E-state index in [1.165, 1.54) is 0 Å². The van der Waals surface area contributed by atoms with Gasteiger partial charge in [-0.05, 0) is 69.6 Å². The summed E-state index contributed by atoms with van der Waals surface area (Å²) >= 11 is 5.39. The number of amides is 1. The van der Waals surface area contributed by atoms with Crippen molar-refractivity contribution in [2.75, 3.05) is 18.4 Å². The van der Waals surface area contributed by atoms with E-state index < -0.39 is 0 Å². The number of rotatable bonds is 5. The lowest BCUT2D eigenvalue weighted by molar-refractivity contribution is -0.121. The van der Waals surface area contributed by atoms with Gasteiger partial charge in [0.2, 0.25) is 11.8 Å². The molecule has 7 nitrogen and oxygen atoms in total. The Morgan fingerprint density at radius 2 is 1.90 bits per heavy atom. The molecule has 0 spiro atoms. The van der Waals surface area contributed by atoms with Crippen molar-refractivity contribution in [3.8, 4) is 11.5 Å². The first kappa shape index (κ1) is 21.4. The fraction of sp³-hybridized carbons (Fsp3) is 0.391. The van der Waals surface area contributed by atoms with Crippen molar-refractivity contribution < 1.29 is 9.21 Å². The van der Waals surface area contributed by atoms with Gasteiger partial charge < -0.3 is 9.73 Å². The number of likely N-dealkylation sites (tertiary alicyclic amines) is 1. The number of carbonyl (C=O) groups excluding carboxylic acids is 1. The van der Waals surface area contributed by atoms with Gasteiger partial charge in [0.25, 0.3) is 4.84 Å². The van der Waals surface area contributed by atoms with Gasteiger partial charge in [-0.1, -0.05) is 23.3 Å². The lowest BCUT2D eigenvalue weighted by atomic mass is 9.96. The van der Waals surface area contributed by atoms with E-state index in [1.54, 1.807) is 10.9 Å². The molecule has 8 heteroatoms. The van der Waals surface area contributed by atoms with Crippen LogP contribution in [-0.2, 0) is 11.5 Å². The summed E-state index contributed by atoms with van der Waals surface area (Å²) in [6.45, 7) is 8.20. The number of nitrogens with one attached hydrogen (secondary N) is 1. The molecule has 1 N–H and O–H groups in total. The molecular weight excluding hydrogens is 410 g/mol. The molecule has 0 atom stereocenters. The van der Waals surface area contributed by atoms with E-state index in [-0.39, 0.29) is 11.8 Å². The van der Waals surface area contributed by atoms with Gasteiger partial charge >= 0.3 is 0 Å². The maximum Gasteiger partial charge on any atom is 0.288 e. The summed E-state index contributed by atoms with van der Waals surface area (Å²) < 4.78 is 7.48. The van der Waals surface area contributed by atoms with Gasteiger partial charge in [-0.15, -0.1) is 5.10 Å². The van der Waals surface area contributed by atoms with Gasteiger partial charge in [-0.2, -0.15) is 0 Å². The maximum absolute atomic E-state index is 12.6. The minimum atomic E-state index is -0.0197. The van der Waals surface area contributed by atoms with Crippen LogP contribution < -0.4 is 5.32 Å². The summed E-state index contributed by atoms with van der Waals surface area (Å²) in [4.78, 5) is 19.5. The number of carbonyl (C=O) groups is 1. The Hall–Kier alpha value is -2.84. The highest BCUT2D eigenvalue weighted by Crippen LogP contribution is 2.23. The third-order valence-corrected chi connectivity index (χ3v) is 5.91. The summed E-state index contributed by atoms with van der Waals surface area (Å²) in [5.41, 5.74) is 4.22. The van der Waals surface area contributed by atoms with E-state index in [1.807, 2.05) is 31.2 Å². The summed E-state index contributed by atoms with van der Waals surface area (Å²) in [6.07, 6.45) is 3.26. The van der Waals surface area contributed by atoms with E-state index in [0.717, 1.165) is 48.2 Å². The highest BCUT2D eigenvalue weighted by atomic mass is 32.1. The minimum absolute atomic E-state index is 0.0197. The van der Waals surface area contributed by atoms with Crippen LogP contribution in [0.1, 0.15) is 29.5 Å². The zero-order chi connectivity index (χ0) is 22.0. The zero-order valence-electron chi connectivity index (χ0n) is 18.1. The van der Waals surface area contributed by atoms with E-state index in [4.69, 9.17) is 16.6 Å². The van der Waals surface area contributed by atoms with Gasteiger partial charge in [-0.25, -0.2) is 9.67 Å². The van der Waals surface area contributed by atoms with Crippen LogP contribution in [0.2, 0.25) is 0 Å². The molecule has 0 saturated carbocycles. The third kappa shape index (κ3) is 5.08. The van der Waals surface area contributed by atoms with Crippen molar-refractivity contribution in [2.24, 2.45) is 5.92 Å². The molecule has 1 fully saturated rings. The second-order valence-corrected chi connectivity index (χ2v) is 8.59. The largest absolute Gasteiger partial charge is 0.409 e. The monoisotopic (exact) mass is 437 g/mol. The average Bonchev–Trinajstić information content (AvgIpc) is 3.10. The quantitative estimate of drug-likeness (QED) is 0.592. The molecule has 1 aliphatic heterocycles. The van der Waals surface area contributed by atoms with Gasteiger partial charge in [0, 0.05) is 30.8 Å². The molecule has 3 aromatic rings. The van der Waals surface area contributed by atoms with Crippen molar-refractivity contribution in [3.63, 3.8) is 0 Å². The fourth-order valence-corrected chi connectivity index (χ4v) is 4.15. The van der Waals surface area contributed by atoms with Crippen LogP contribution in [0.4, 0.5) is 5.82 Å². The standard InChI is InChI=1S/C23H27N5O2S/c1-15-11-16(2)13-19(12-15)22-26-28(23(31)30-22)14-27-9-6-18(7-10-27)21(29)25-20-17(3)5-4-8-24-20/h4-5,8,11-13,18H,6-7,9-10,14H2,1-3H3,(H,24,25,29). The summed E-state index contributed by atoms with van der Waals surface area (Å²) in [6, 6.07) is 10.0. The Labute approximate surface area is 187 Å². The number of benzene rings is 1. The topological polar surface area (TPSA) is 76.2 Å². The molecule has 0 aliphatic carbocycles. The highest BCUT2D eigenvalue weighted by molar-refractivity contribution is 7.71. The molecule has 1 amide bonds. The Morgan fingerprint density at radius 3 is 2.58 bits per heavy atom. The summed E-state index contributed by atoms with van der Waals surface area (Å²) in [5, 5.41) is 7.56. The predicted molar refractivity (Wildman–Crippen MR) is 122 cm³/mol. The lowest BCUT2D eigenvalue weighted by Gasteiger charge is -2.30. The highest BCUT2D eigenvalue weighted by Gasteiger charge is 2.26. The molecular formula is C23H27N5O2S. The number of anilines is 1. The molecule has 1 aromatic carbocycles. The van der Waals surface area contributed by atoms with Crippen LogP contribution in [0.3, 0.4) is 0 Å². The third-order valence-electron chi connectivity index (χ3n) is 5.62. The Balaban J connectivity index is 1.36. The number of hydrogen-bond acceptors (Lipinski definition) is 6. The van der Waals surface area contributed by atoms with Crippen molar-refractivity contribution in [1.82, 2.24) is 19.7 Å². The SMILES string of the molecule is Cc1cc(C)cc(-c2nn(CN3CCC(C(=O)Nc4ncccc4C)CC3)c(=S)o2)c1. The zero-order valence-corrected chi connectivity index (χ0v) is 18.9. The smallest absolute Gasteiger partial charge is 0.288 e. The fourth-order valence-electron chi connectivity index (χ4n) is 3.97. The maximum atomic E-state index is 12.6. The number of pyridine rings is 1. The van der Waals surface area contributed by atoms with Crippen molar-refractivity contribution in [2.45, 2.75) is 40.3 Å². The summed E-state index contributed by atoms with van der Waals surface area (Å²) in [5.74, 6) is 1.20. The average molecular weight is 438 g/mol. The van der Waals surface area contributed by atoms with Gasteiger partial charge in [0.15, 0.2) is 0 Å². The van der Waals surface area contributed by atoms with E-state index in [9.17, 15) is 4.79 Å². The van der Waals surface area contributed by atoms with Crippen molar-refractivity contribution >= 4 is 23.9 Å². The molecule has 31 heavy (non-hydrogen) atoms. The molecule has 4 rings (SSSR count). The minimum Gasteiger partial charge on any atom is -0.409 e. The van der Waals surface area contributed by atoms with Crippen LogP contribution in [-0.4, -0.2) is 38.7 Å².